The van der Waals surface area contributed by atoms with Crippen molar-refractivity contribution in [1.29, 1.82) is 0 Å². The minimum atomic E-state index is -2.64. The molecule has 1 saturated heterocycles. The third-order valence-corrected chi connectivity index (χ3v) is 23.8. The number of carbonyl (C=O) groups excluding carboxylic acids is 2. The van der Waals surface area contributed by atoms with Crippen LogP contribution in [0.5, 0.6) is 5.75 Å². The molecule has 1 fully saturated rings. The summed E-state index contributed by atoms with van der Waals surface area (Å²) in [5.74, 6) is -0.847. The van der Waals surface area contributed by atoms with Crippen molar-refractivity contribution >= 4 is 42.9 Å². The second-order valence-corrected chi connectivity index (χ2v) is 31.4. The van der Waals surface area contributed by atoms with E-state index in [1.807, 2.05) is 0 Å². The van der Waals surface area contributed by atoms with Crippen LogP contribution in [0.2, 0.25) is 54.4 Å². The molecule has 2 rings (SSSR count). The molecule has 1 aliphatic heterocycles. The summed E-state index contributed by atoms with van der Waals surface area (Å²) in [6.07, 6.45) is -3.51. The lowest BCUT2D eigenvalue weighted by Crippen LogP contribution is -2.69. The summed E-state index contributed by atoms with van der Waals surface area (Å²) in [5, 5.41) is 11.4. The van der Waals surface area contributed by atoms with Gasteiger partial charge in [0.25, 0.3) is 0 Å². The van der Waals surface area contributed by atoms with Gasteiger partial charge < -0.3 is 27.5 Å². The zero-order valence-corrected chi connectivity index (χ0v) is 34.7. The fraction of sp³-hybridized carbons (Fsp3) is 0.706. The Hall–Kier alpha value is -2.21. The van der Waals surface area contributed by atoms with E-state index in [2.05, 4.69) is 108 Å². The van der Waals surface area contributed by atoms with E-state index in [4.69, 9.17) is 27.5 Å². The highest BCUT2D eigenvalue weighted by Crippen LogP contribution is 2.46. The maximum absolute atomic E-state index is 13.9. The molecular formula is C34H59NO10Si3. The van der Waals surface area contributed by atoms with E-state index in [1.165, 1.54) is 18.2 Å². The van der Waals surface area contributed by atoms with E-state index in [-0.39, 0.29) is 33.0 Å². The van der Waals surface area contributed by atoms with Gasteiger partial charge in [0.15, 0.2) is 36.8 Å². The number of hydrogen-bond donors (Lipinski definition) is 0. The largest absolute Gasteiger partial charge is 0.459 e. The number of hydrogen-bond acceptors (Lipinski definition) is 10. The molecule has 5 atom stereocenters. The monoisotopic (exact) mass is 725 g/mol. The molecular weight excluding hydrogens is 667 g/mol. The number of aldehydes is 1. The Morgan fingerprint density at radius 1 is 0.854 bits per heavy atom. The van der Waals surface area contributed by atoms with E-state index >= 15 is 0 Å². The lowest BCUT2D eigenvalue weighted by Gasteiger charge is -2.53. The van der Waals surface area contributed by atoms with Crippen molar-refractivity contribution in [1.82, 2.24) is 0 Å². The first-order chi connectivity index (χ1) is 21.6. The Labute approximate surface area is 290 Å². The van der Waals surface area contributed by atoms with E-state index in [9.17, 15) is 19.7 Å². The summed E-state index contributed by atoms with van der Waals surface area (Å²) in [6.45, 7) is 35.2. The number of esters is 1. The Kier molecular flexibility index (Phi) is 13.1. The van der Waals surface area contributed by atoms with Crippen molar-refractivity contribution in [2.24, 2.45) is 0 Å². The first-order valence-corrected chi connectivity index (χ1v) is 25.2. The fourth-order valence-electron chi connectivity index (χ4n) is 4.23. The first kappa shape index (κ1) is 42.0. The molecule has 0 amide bonds. The van der Waals surface area contributed by atoms with Gasteiger partial charge in [-0.3, -0.25) is 14.9 Å². The van der Waals surface area contributed by atoms with Crippen LogP contribution in [-0.4, -0.2) is 79.4 Å². The number of benzene rings is 1. The second kappa shape index (κ2) is 15.0. The average molecular weight is 726 g/mol. The average Bonchev–Trinajstić information content (AvgIpc) is 2.92. The summed E-state index contributed by atoms with van der Waals surface area (Å²) in [4.78, 5) is 36.9. The van der Waals surface area contributed by atoms with Gasteiger partial charge in [0, 0.05) is 11.6 Å². The maximum atomic E-state index is 13.9. The minimum Gasteiger partial charge on any atom is -0.459 e. The van der Waals surface area contributed by atoms with Crippen LogP contribution in [0.25, 0.3) is 0 Å². The number of rotatable bonds is 13. The molecule has 0 aliphatic carbocycles. The molecule has 0 spiro atoms. The SMILES string of the molecule is C=CCOC(=O)[C@H]1O[C@@H](Oc2ccc(C=O)cc2[N+](=O)[O-])[C@H](O[Si](C)(C)C(C)(C)C)[C@@H](O[Si](C)(C)C(C)(C)C)[C@H]1O[Si](C)(C)C(C)(C)C. The molecule has 272 valence electrons. The number of ether oxygens (including phenoxy) is 3. The van der Waals surface area contributed by atoms with E-state index in [1.54, 1.807) is 0 Å². The van der Waals surface area contributed by atoms with Crippen LogP contribution in [0.4, 0.5) is 5.69 Å². The lowest BCUT2D eigenvalue weighted by atomic mass is 9.99. The molecule has 1 aromatic rings. The van der Waals surface area contributed by atoms with Gasteiger partial charge in [0.05, 0.1) is 4.92 Å². The maximum Gasteiger partial charge on any atom is 0.338 e. The number of carbonyl (C=O) groups is 2. The smallest absolute Gasteiger partial charge is 0.338 e. The highest BCUT2D eigenvalue weighted by atomic mass is 28.4. The molecule has 0 unspecified atom stereocenters. The minimum absolute atomic E-state index is 0.0622. The van der Waals surface area contributed by atoms with Crippen LogP contribution in [-0.2, 0) is 27.5 Å². The fourth-order valence-corrected chi connectivity index (χ4v) is 8.11. The molecule has 1 aromatic carbocycles. The molecule has 0 bridgehead atoms. The lowest BCUT2D eigenvalue weighted by molar-refractivity contribution is -0.387. The molecule has 14 heteroatoms. The van der Waals surface area contributed by atoms with Crippen molar-refractivity contribution < 1.29 is 42.0 Å². The van der Waals surface area contributed by atoms with E-state index in [0.29, 0.717) is 6.29 Å². The summed E-state index contributed by atoms with van der Waals surface area (Å²) in [6, 6.07) is 3.91. The summed E-state index contributed by atoms with van der Waals surface area (Å²) in [5.41, 5.74) is -0.317. The summed E-state index contributed by atoms with van der Waals surface area (Å²) < 4.78 is 39.8. The van der Waals surface area contributed by atoms with Crippen molar-refractivity contribution in [3.63, 3.8) is 0 Å². The van der Waals surface area contributed by atoms with E-state index in [0.717, 1.165) is 6.07 Å². The third-order valence-electron chi connectivity index (χ3n) is 10.3. The highest BCUT2D eigenvalue weighted by molar-refractivity contribution is 6.75. The second-order valence-electron chi connectivity index (χ2n) is 17.1. The first-order valence-electron chi connectivity index (χ1n) is 16.5. The van der Waals surface area contributed by atoms with Crippen molar-refractivity contribution in [3.8, 4) is 5.75 Å². The van der Waals surface area contributed by atoms with Gasteiger partial charge in [-0.25, -0.2) is 4.79 Å². The molecule has 0 aromatic heterocycles. The Morgan fingerprint density at radius 2 is 1.31 bits per heavy atom. The molecule has 0 saturated carbocycles. The van der Waals surface area contributed by atoms with Crippen molar-refractivity contribution in [2.45, 2.75) is 147 Å². The Bertz CT molecular complexity index is 1330. The van der Waals surface area contributed by atoms with Gasteiger partial charge in [0.1, 0.15) is 31.2 Å². The number of nitro groups is 1. The quantitative estimate of drug-likeness (QED) is 0.0487. The zero-order chi connectivity index (χ0) is 37.3. The van der Waals surface area contributed by atoms with Crippen LogP contribution in [0.15, 0.2) is 30.9 Å². The topological polar surface area (TPSA) is 133 Å². The molecule has 48 heavy (non-hydrogen) atoms. The van der Waals surface area contributed by atoms with Gasteiger partial charge in [-0.1, -0.05) is 75.0 Å². The van der Waals surface area contributed by atoms with Crippen molar-refractivity contribution in [3.05, 3.63) is 46.5 Å². The van der Waals surface area contributed by atoms with Crippen LogP contribution in [0, 0.1) is 10.1 Å². The van der Waals surface area contributed by atoms with Crippen molar-refractivity contribution in [2.75, 3.05) is 6.61 Å². The zero-order valence-electron chi connectivity index (χ0n) is 31.7. The van der Waals surface area contributed by atoms with Crippen LogP contribution < -0.4 is 4.74 Å². The Morgan fingerprint density at radius 3 is 1.73 bits per heavy atom. The standard InChI is InChI=1S/C34H59NO10Si3/c1-17-20-40-30(37)28-26(43-46(11,12)32(2,3)4)27(44-47(13,14)33(5,6)7)29(45-48(15,16)34(8,9)10)31(42-28)41-25-19-18-23(22-36)21-24(25)35(38)39/h17-19,21-22,26-29,31H,1,20H2,2-16H3/t26-,27+,28+,29-,31-/m1/s1. The predicted molar refractivity (Wildman–Crippen MR) is 195 cm³/mol. The highest BCUT2D eigenvalue weighted by Gasteiger charge is 2.59. The summed E-state index contributed by atoms with van der Waals surface area (Å²) in [7, 11) is -7.87. The molecule has 0 N–H and O–H groups in total. The summed E-state index contributed by atoms with van der Waals surface area (Å²) >= 11 is 0. The molecule has 1 heterocycles. The van der Waals surface area contributed by atoms with Gasteiger partial charge in [0.2, 0.25) is 6.29 Å². The van der Waals surface area contributed by atoms with Gasteiger partial charge in [-0.15, -0.1) is 0 Å². The normalized spacial score (nSPS) is 22.9. The molecule has 0 radical (unpaired) electrons. The van der Waals surface area contributed by atoms with Gasteiger partial charge >= 0.3 is 11.7 Å². The van der Waals surface area contributed by atoms with Crippen LogP contribution >= 0.6 is 0 Å². The van der Waals surface area contributed by atoms with Crippen LogP contribution in [0.3, 0.4) is 0 Å². The predicted octanol–water partition coefficient (Wildman–Crippen LogP) is 8.41. The molecule has 11 nitrogen and oxygen atoms in total. The number of nitrogens with zero attached hydrogens (tertiary/aromatic N) is 1. The van der Waals surface area contributed by atoms with E-state index < -0.39 is 72.2 Å². The Balaban J connectivity index is 2.97. The van der Waals surface area contributed by atoms with Gasteiger partial charge in [-0.2, -0.15) is 0 Å². The molecule has 1 aliphatic rings. The van der Waals surface area contributed by atoms with Crippen LogP contribution in [0.1, 0.15) is 72.7 Å². The van der Waals surface area contributed by atoms with Gasteiger partial charge in [-0.05, 0) is 66.5 Å². The number of nitro benzene ring substituents is 1. The third kappa shape index (κ3) is 9.73.